The molecule has 0 fully saturated rings. The normalized spacial score (nSPS) is 14.3. The molecule has 0 heterocycles. The molecule has 4 N–H and O–H groups in total. The Labute approximate surface area is 120 Å². The summed E-state index contributed by atoms with van der Waals surface area (Å²) >= 11 is 0. The monoisotopic (exact) mass is 279 g/mol. The zero-order chi connectivity index (χ0) is 15.3. The van der Waals surface area contributed by atoms with Crippen molar-refractivity contribution in [1.82, 2.24) is 4.90 Å². The molecule has 0 aliphatic rings. The fraction of sp³-hybridized carbons (Fsp3) is 0.533. The molecule has 1 rings (SSSR count). The lowest BCUT2D eigenvalue weighted by Crippen LogP contribution is -2.46. The molecule has 20 heavy (non-hydrogen) atoms. The van der Waals surface area contributed by atoms with Crippen LogP contribution in [0.1, 0.15) is 32.4 Å². The van der Waals surface area contributed by atoms with E-state index in [1.165, 1.54) is 0 Å². The highest BCUT2D eigenvalue weighted by atomic mass is 16.5. The molecule has 0 aromatic heterocycles. The Hall–Kier alpha value is -1.59. The average molecular weight is 279 g/mol. The fourth-order valence-electron chi connectivity index (χ4n) is 2.38. The first kappa shape index (κ1) is 16.5. The molecule has 0 spiro atoms. The van der Waals surface area contributed by atoms with Crippen LogP contribution in [0.2, 0.25) is 0 Å². The second kappa shape index (κ2) is 7.26. The zero-order valence-corrected chi connectivity index (χ0v) is 12.7. The first-order chi connectivity index (χ1) is 9.36. The second-order valence-electron chi connectivity index (χ2n) is 5.31. The number of ether oxygens (including phenoxy) is 1. The Morgan fingerprint density at radius 1 is 1.25 bits per heavy atom. The van der Waals surface area contributed by atoms with E-state index in [-0.39, 0.29) is 30.6 Å². The van der Waals surface area contributed by atoms with Crippen LogP contribution in [0.4, 0.5) is 0 Å². The number of benzene rings is 1. The number of carbonyl (C=O) groups excluding carboxylic acids is 1. The van der Waals surface area contributed by atoms with E-state index >= 15 is 0 Å². The number of carbonyl (C=O) groups is 1. The largest absolute Gasteiger partial charge is 0.497 e. The molecular formula is C15H25N3O2. The van der Waals surface area contributed by atoms with Gasteiger partial charge in [0.1, 0.15) is 5.75 Å². The lowest BCUT2D eigenvalue weighted by atomic mass is 9.97. The number of amides is 1. The number of methoxy groups -OCH3 is 1. The Morgan fingerprint density at radius 3 is 2.15 bits per heavy atom. The third-order valence-electron chi connectivity index (χ3n) is 3.31. The van der Waals surface area contributed by atoms with Crippen molar-refractivity contribution in [3.05, 3.63) is 29.8 Å². The van der Waals surface area contributed by atoms with Crippen LogP contribution in [0.25, 0.3) is 0 Å². The quantitative estimate of drug-likeness (QED) is 0.787. The summed E-state index contributed by atoms with van der Waals surface area (Å²) in [6, 6.07) is 7.73. The molecule has 0 saturated carbocycles. The Kier molecular flexibility index (Phi) is 5.98. The van der Waals surface area contributed by atoms with Crippen LogP contribution in [0.3, 0.4) is 0 Å². The van der Waals surface area contributed by atoms with Crippen molar-refractivity contribution in [2.45, 2.75) is 38.9 Å². The van der Waals surface area contributed by atoms with Gasteiger partial charge in [0.25, 0.3) is 0 Å². The minimum Gasteiger partial charge on any atom is -0.497 e. The third-order valence-corrected chi connectivity index (χ3v) is 3.31. The van der Waals surface area contributed by atoms with E-state index in [0.29, 0.717) is 0 Å². The molecule has 5 nitrogen and oxygen atoms in total. The summed E-state index contributed by atoms with van der Waals surface area (Å²) in [4.78, 5) is 13.3. The average Bonchev–Trinajstić information content (AvgIpc) is 2.37. The molecule has 0 saturated heterocycles. The Morgan fingerprint density at radius 2 is 1.80 bits per heavy atom. The summed E-state index contributed by atoms with van der Waals surface area (Å²) in [6.07, 6.45) is 0. The van der Waals surface area contributed by atoms with E-state index in [9.17, 15) is 4.79 Å². The number of nitrogens with two attached hydrogens (primary N) is 2. The molecule has 0 aliphatic heterocycles. The van der Waals surface area contributed by atoms with Crippen LogP contribution in [-0.4, -0.2) is 36.5 Å². The van der Waals surface area contributed by atoms with Crippen LogP contribution in [-0.2, 0) is 4.79 Å². The van der Waals surface area contributed by atoms with Crippen molar-refractivity contribution in [3.63, 3.8) is 0 Å². The summed E-state index contributed by atoms with van der Waals surface area (Å²) in [7, 11) is 1.63. The van der Waals surface area contributed by atoms with Gasteiger partial charge < -0.3 is 16.2 Å². The smallest absolute Gasteiger partial charge is 0.231 e. The number of nitrogens with zero attached hydrogens (tertiary/aromatic N) is 1. The van der Waals surface area contributed by atoms with Crippen molar-refractivity contribution >= 4 is 5.91 Å². The molecule has 112 valence electrons. The highest BCUT2D eigenvalue weighted by Crippen LogP contribution is 2.27. The minimum absolute atomic E-state index is 0.0617. The van der Waals surface area contributed by atoms with Gasteiger partial charge in [-0.2, -0.15) is 0 Å². The molecular weight excluding hydrogens is 254 g/mol. The Balaban J connectivity index is 3.09. The first-order valence-corrected chi connectivity index (χ1v) is 6.80. The van der Waals surface area contributed by atoms with Crippen LogP contribution in [0.15, 0.2) is 24.3 Å². The van der Waals surface area contributed by atoms with Crippen molar-refractivity contribution in [2.24, 2.45) is 11.5 Å². The van der Waals surface area contributed by atoms with Crippen LogP contribution in [0.5, 0.6) is 5.75 Å². The van der Waals surface area contributed by atoms with Gasteiger partial charge in [0.05, 0.1) is 19.7 Å². The molecule has 5 heteroatoms. The van der Waals surface area contributed by atoms with Crippen LogP contribution in [0, 0.1) is 0 Å². The van der Waals surface area contributed by atoms with Gasteiger partial charge in [-0.05, 0) is 38.5 Å². The highest BCUT2D eigenvalue weighted by molar-refractivity contribution is 5.76. The summed E-state index contributed by atoms with van der Waals surface area (Å²) in [5.74, 6) is 0.445. The third kappa shape index (κ3) is 4.21. The lowest BCUT2D eigenvalue weighted by Gasteiger charge is -2.36. The number of primary amides is 1. The maximum Gasteiger partial charge on any atom is 0.231 e. The van der Waals surface area contributed by atoms with Crippen LogP contribution >= 0.6 is 0 Å². The molecule has 2 unspecified atom stereocenters. The van der Waals surface area contributed by atoms with E-state index in [2.05, 4.69) is 0 Å². The predicted octanol–water partition coefficient (Wildman–Crippen LogP) is 1.28. The van der Waals surface area contributed by atoms with Gasteiger partial charge in [0.15, 0.2) is 0 Å². The van der Waals surface area contributed by atoms with Crippen molar-refractivity contribution in [2.75, 3.05) is 13.7 Å². The number of rotatable bonds is 7. The van der Waals surface area contributed by atoms with Gasteiger partial charge in [0, 0.05) is 12.1 Å². The van der Waals surface area contributed by atoms with Crippen LogP contribution < -0.4 is 16.2 Å². The number of hydrogen-bond donors (Lipinski definition) is 2. The summed E-state index contributed by atoms with van der Waals surface area (Å²) in [5, 5.41) is 0. The van der Waals surface area contributed by atoms with E-state index in [0.717, 1.165) is 11.3 Å². The maximum atomic E-state index is 11.3. The Bertz CT molecular complexity index is 429. The molecule has 1 amide bonds. The summed E-state index contributed by atoms with van der Waals surface area (Å²) in [6.45, 7) is 6.19. The van der Waals surface area contributed by atoms with E-state index in [4.69, 9.17) is 16.2 Å². The van der Waals surface area contributed by atoms with Gasteiger partial charge in [-0.1, -0.05) is 12.1 Å². The molecule has 0 bridgehead atoms. The molecule has 1 aromatic rings. The topological polar surface area (TPSA) is 81.6 Å². The first-order valence-electron chi connectivity index (χ1n) is 6.80. The minimum atomic E-state index is -0.349. The maximum absolute atomic E-state index is 11.3. The zero-order valence-electron chi connectivity index (χ0n) is 12.7. The molecule has 2 atom stereocenters. The van der Waals surface area contributed by atoms with Gasteiger partial charge in [0.2, 0.25) is 5.91 Å². The van der Waals surface area contributed by atoms with E-state index < -0.39 is 0 Å². The standard InChI is InChI=1S/C15H25N3O2/c1-10(2)18(9-14(17)19)15(11(3)16)12-5-7-13(20-4)8-6-12/h5-8,10-11,15H,9,16H2,1-4H3,(H2,17,19). The summed E-state index contributed by atoms with van der Waals surface area (Å²) in [5.41, 5.74) is 12.5. The number of hydrogen-bond acceptors (Lipinski definition) is 4. The summed E-state index contributed by atoms with van der Waals surface area (Å²) < 4.78 is 5.16. The fourth-order valence-corrected chi connectivity index (χ4v) is 2.38. The van der Waals surface area contributed by atoms with Gasteiger partial charge >= 0.3 is 0 Å². The molecule has 0 aliphatic carbocycles. The predicted molar refractivity (Wildman–Crippen MR) is 80.4 cm³/mol. The van der Waals surface area contributed by atoms with Gasteiger partial charge in [-0.25, -0.2) is 0 Å². The van der Waals surface area contributed by atoms with Gasteiger partial charge in [-0.3, -0.25) is 9.69 Å². The van der Waals surface area contributed by atoms with Crippen molar-refractivity contribution in [3.8, 4) is 5.75 Å². The molecule has 1 aromatic carbocycles. The van der Waals surface area contributed by atoms with Gasteiger partial charge in [-0.15, -0.1) is 0 Å². The van der Waals surface area contributed by atoms with Crippen molar-refractivity contribution in [1.29, 1.82) is 0 Å². The molecule has 0 radical (unpaired) electrons. The second-order valence-corrected chi connectivity index (χ2v) is 5.31. The van der Waals surface area contributed by atoms with Crippen molar-refractivity contribution < 1.29 is 9.53 Å². The van der Waals surface area contributed by atoms with E-state index in [1.807, 2.05) is 49.9 Å². The highest BCUT2D eigenvalue weighted by Gasteiger charge is 2.27. The SMILES string of the molecule is COc1ccc(C(C(C)N)N(CC(N)=O)C(C)C)cc1. The van der Waals surface area contributed by atoms with E-state index in [1.54, 1.807) is 7.11 Å². The lowest BCUT2D eigenvalue weighted by molar-refractivity contribution is -0.120.